The van der Waals surface area contributed by atoms with Crippen LogP contribution in [0.3, 0.4) is 0 Å². The summed E-state index contributed by atoms with van der Waals surface area (Å²) < 4.78 is 0. The topological polar surface area (TPSA) is 32.3 Å². The highest BCUT2D eigenvalue weighted by Crippen LogP contribution is 2.18. The maximum absolute atomic E-state index is 12.5. The molecular formula is C16H26N2O. The number of carbonyl (C=O) groups excluding carboxylic acids is 1. The standard InChI is InChI=1S/C16H26N2O/c1-5-9-13(3)18(4)16(19)14-10-7-8-11-15(14)17-12-6-2/h7-8,10-11,13,17H,5-6,9,12H2,1-4H3. The third-order valence-corrected chi connectivity index (χ3v) is 3.41. The zero-order valence-electron chi connectivity index (χ0n) is 12.6. The molecule has 0 radical (unpaired) electrons. The number of benzene rings is 1. The van der Waals surface area contributed by atoms with Gasteiger partial charge in [0, 0.05) is 25.3 Å². The smallest absolute Gasteiger partial charge is 0.255 e. The SMILES string of the molecule is CCCNc1ccccc1C(=O)N(C)C(C)CCC. The average Bonchev–Trinajstić information content (AvgIpc) is 2.44. The van der Waals surface area contributed by atoms with Gasteiger partial charge in [-0.15, -0.1) is 0 Å². The van der Waals surface area contributed by atoms with Gasteiger partial charge in [-0.3, -0.25) is 4.79 Å². The molecule has 0 aliphatic rings. The molecule has 0 aromatic heterocycles. The van der Waals surface area contributed by atoms with Crippen molar-refractivity contribution in [3.8, 4) is 0 Å². The van der Waals surface area contributed by atoms with Crippen molar-refractivity contribution in [2.24, 2.45) is 0 Å². The van der Waals surface area contributed by atoms with Gasteiger partial charge in [0.2, 0.25) is 0 Å². The van der Waals surface area contributed by atoms with Crippen molar-refractivity contribution >= 4 is 11.6 Å². The summed E-state index contributed by atoms with van der Waals surface area (Å²) in [5.74, 6) is 0.0974. The molecule has 0 aliphatic carbocycles. The quantitative estimate of drug-likeness (QED) is 0.811. The molecule has 106 valence electrons. The predicted molar refractivity (Wildman–Crippen MR) is 81.7 cm³/mol. The summed E-state index contributed by atoms with van der Waals surface area (Å²) in [7, 11) is 1.89. The Bertz CT molecular complexity index is 403. The fraction of sp³-hybridized carbons (Fsp3) is 0.562. The number of nitrogens with one attached hydrogen (secondary N) is 1. The van der Waals surface area contributed by atoms with E-state index >= 15 is 0 Å². The van der Waals surface area contributed by atoms with E-state index in [1.807, 2.05) is 36.2 Å². The van der Waals surface area contributed by atoms with Crippen LogP contribution >= 0.6 is 0 Å². The molecular weight excluding hydrogens is 236 g/mol. The van der Waals surface area contributed by atoms with Crippen LogP contribution < -0.4 is 5.32 Å². The molecule has 0 saturated heterocycles. The van der Waals surface area contributed by atoms with Gasteiger partial charge in [0.15, 0.2) is 0 Å². The molecule has 1 N–H and O–H groups in total. The van der Waals surface area contributed by atoms with Gasteiger partial charge in [-0.1, -0.05) is 32.4 Å². The number of nitrogens with zero attached hydrogens (tertiary/aromatic N) is 1. The molecule has 19 heavy (non-hydrogen) atoms. The molecule has 1 atom stereocenters. The van der Waals surface area contributed by atoms with Crippen LogP contribution in [0.15, 0.2) is 24.3 Å². The van der Waals surface area contributed by atoms with Crippen LogP contribution in [-0.4, -0.2) is 30.4 Å². The van der Waals surface area contributed by atoms with E-state index in [-0.39, 0.29) is 11.9 Å². The highest BCUT2D eigenvalue weighted by molar-refractivity contribution is 5.99. The van der Waals surface area contributed by atoms with E-state index in [2.05, 4.69) is 26.1 Å². The van der Waals surface area contributed by atoms with Gasteiger partial charge in [0.05, 0.1) is 5.56 Å². The van der Waals surface area contributed by atoms with Crippen LogP contribution in [-0.2, 0) is 0 Å². The first-order chi connectivity index (χ1) is 9.11. The molecule has 1 aromatic rings. The molecule has 0 bridgehead atoms. The Labute approximate surface area is 117 Å². The Hall–Kier alpha value is -1.51. The van der Waals surface area contributed by atoms with Crippen molar-refractivity contribution < 1.29 is 4.79 Å². The van der Waals surface area contributed by atoms with E-state index in [9.17, 15) is 4.79 Å². The van der Waals surface area contributed by atoms with Crippen molar-refractivity contribution in [1.82, 2.24) is 4.90 Å². The highest BCUT2D eigenvalue weighted by Gasteiger charge is 2.19. The lowest BCUT2D eigenvalue weighted by atomic mass is 10.1. The number of para-hydroxylation sites is 1. The second kappa shape index (κ2) is 7.82. The Kier molecular flexibility index (Phi) is 6.40. The van der Waals surface area contributed by atoms with Crippen LogP contribution in [0.25, 0.3) is 0 Å². The van der Waals surface area contributed by atoms with E-state index in [1.165, 1.54) is 0 Å². The van der Waals surface area contributed by atoms with E-state index in [0.717, 1.165) is 37.1 Å². The molecule has 0 spiro atoms. The fourth-order valence-electron chi connectivity index (χ4n) is 2.09. The number of hydrogen-bond donors (Lipinski definition) is 1. The molecule has 0 aliphatic heterocycles. The summed E-state index contributed by atoms with van der Waals surface area (Å²) in [6, 6.07) is 8.03. The van der Waals surface area contributed by atoms with Crippen molar-refractivity contribution in [2.45, 2.75) is 46.1 Å². The molecule has 0 saturated carbocycles. The predicted octanol–water partition coefficient (Wildman–Crippen LogP) is 3.77. The lowest BCUT2D eigenvalue weighted by molar-refractivity contribution is 0.0737. The molecule has 3 heteroatoms. The Balaban J connectivity index is 2.86. The fourth-order valence-corrected chi connectivity index (χ4v) is 2.09. The van der Waals surface area contributed by atoms with Gasteiger partial charge in [-0.25, -0.2) is 0 Å². The van der Waals surface area contributed by atoms with Gasteiger partial charge >= 0.3 is 0 Å². The van der Waals surface area contributed by atoms with Crippen molar-refractivity contribution in [1.29, 1.82) is 0 Å². The normalized spacial score (nSPS) is 12.0. The minimum atomic E-state index is 0.0974. The summed E-state index contributed by atoms with van der Waals surface area (Å²) >= 11 is 0. The Morgan fingerprint density at radius 1 is 1.26 bits per heavy atom. The number of amides is 1. The van der Waals surface area contributed by atoms with Crippen LogP contribution in [0.2, 0.25) is 0 Å². The largest absolute Gasteiger partial charge is 0.384 e. The molecule has 3 nitrogen and oxygen atoms in total. The minimum absolute atomic E-state index is 0.0974. The summed E-state index contributed by atoms with van der Waals surface area (Å²) in [6.07, 6.45) is 3.17. The number of carbonyl (C=O) groups is 1. The summed E-state index contributed by atoms with van der Waals surface area (Å²) in [4.78, 5) is 14.4. The molecule has 1 rings (SSSR count). The first-order valence-electron chi connectivity index (χ1n) is 7.21. The molecule has 0 heterocycles. The molecule has 0 fully saturated rings. The maximum atomic E-state index is 12.5. The molecule has 1 unspecified atom stereocenters. The van der Waals surface area contributed by atoms with Crippen molar-refractivity contribution in [2.75, 3.05) is 18.9 Å². The number of rotatable bonds is 7. The van der Waals surface area contributed by atoms with E-state index in [4.69, 9.17) is 0 Å². The second-order valence-corrected chi connectivity index (χ2v) is 5.03. The molecule has 1 amide bonds. The first-order valence-corrected chi connectivity index (χ1v) is 7.21. The average molecular weight is 262 g/mol. The van der Waals surface area contributed by atoms with E-state index < -0.39 is 0 Å². The van der Waals surface area contributed by atoms with Gasteiger partial charge in [-0.05, 0) is 31.9 Å². The van der Waals surface area contributed by atoms with E-state index in [0.29, 0.717) is 0 Å². The lowest BCUT2D eigenvalue weighted by Crippen LogP contribution is -2.35. The zero-order chi connectivity index (χ0) is 14.3. The third-order valence-electron chi connectivity index (χ3n) is 3.41. The maximum Gasteiger partial charge on any atom is 0.255 e. The highest BCUT2D eigenvalue weighted by atomic mass is 16.2. The van der Waals surface area contributed by atoms with Crippen LogP contribution in [0.5, 0.6) is 0 Å². The number of hydrogen-bond acceptors (Lipinski definition) is 2. The monoisotopic (exact) mass is 262 g/mol. The van der Waals surface area contributed by atoms with Crippen LogP contribution in [0.1, 0.15) is 50.4 Å². The van der Waals surface area contributed by atoms with Gasteiger partial charge in [-0.2, -0.15) is 0 Å². The van der Waals surface area contributed by atoms with Crippen molar-refractivity contribution in [3.05, 3.63) is 29.8 Å². The molecule has 1 aromatic carbocycles. The van der Waals surface area contributed by atoms with E-state index in [1.54, 1.807) is 0 Å². The van der Waals surface area contributed by atoms with Crippen LogP contribution in [0, 0.1) is 0 Å². The minimum Gasteiger partial charge on any atom is -0.384 e. The Morgan fingerprint density at radius 3 is 2.58 bits per heavy atom. The van der Waals surface area contributed by atoms with Gasteiger partial charge < -0.3 is 10.2 Å². The lowest BCUT2D eigenvalue weighted by Gasteiger charge is -2.25. The first kappa shape index (κ1) is 15.5. The second-order valence-electron chi connectivity index (χ2n) is 5.03. The van der Waals surface area contributed by atoms with Crippen molar-refractivity contribution in [3.63, 3.8) is 0 Å². The third kappa shape index (κ3) is 4.27. The number of anilines is 1. The zero-order valence-corrected chi connectivity index (χ0v) is 12.6. The summed E-state index contributed by atoms with van der Waals surface area (Å²) in [5, 5.41) is 3.32. The summed E-state index contributed by atoms with van der Waals surface area (Å²) in [6.45, 7) is 7.25. The van der Waals surface area contributed by atoms with Crippen LogP contribution in [0.4, 0.5) is 5.69 Å². The van der Waals surface area contributed by atoms with Gasteiger partial charge in [0.25, 0.3) is 5.91 Å². The van der Waals surface area contributed by atoms with Gasteiger partial charge in [0.1, 0.15) is 0 Å². The summed E-state index contributed by atoms with van der Waals surface area (Å²) in [5.41, 5.74) is 1.70. The Morgan fingerprint density at radius 2 is 1.95 bits per heavy atom.